The molecule has 1 atom stereocenters. The van der Waals surface area contributed by atoms with Crippen LogP contribution in [-0.4, -0.2) is 44.2 Å². The van der Waals surface area contributed by atoms with Crippen molar-refractivity contribution in [2.75, 3.05) is 33.4 Å². The molecule has 5 heteroatoms. The summed E-state index contributed by atoms with van der Waals surface area (Å²) >= 11 is 0. The van der Waals surface area contributed by atoms with Crippen LogP contribution in [0.15, 0.2) is 24.3 Å². The summed E-state index contributed by atoms with van der Waals surface area (Å²) in [5, 5.41) is 0. The van der Waals surface area contributed by atoms with E-state index in [1.54, 1.807) is 7.11 Å². The number of para-hydroxylation sites is 1. The van der Waals surface area contributed by atoms with Gasteiger partial charge in [-0.15, -0.1) is 0 Å². The molecular weight excluding hydrogens is 256 g/mol. The monoisotopic (exact) mass is 278 g/mol. The number of benzene rings is 1. The lowest BCUT2D eigenvalue weighted by Gasteiger charge is -2.17. The molecule has 1 fully saturated rings. The van der Waals surface area contributed by atoms with Crippen molar-refractivity contribution in [3.63, 3.8) is 0 Å². The van der Waals surface area contributed by atoms with Crippen molar-refractivity contribution >= 4 is 5.91 Å². The number of carbonyl (C=O) groups excluding carboxylic acids is 1. The summed E-state index contributed by atoms with van der Waals surface area (Å²) in [6.07, 6.45) is 0.999. The predicted octanol–water partition coefficient (Wildman–Crippen LogP) is 1.02. The van der Waals surface area contributed by atoms with Gasteiger partial charge in [0.05, 0.1) is 6.61 Å². The lowest BCUT2D eigenvalue weighted by Crippen LogP contribution is -2.33. The van der Waals surface area contributed by atoms with Crippen molar-refractivity contribution in [2.24, 2.45) is 11.7 Å². The first-order chi connectivity index (χ1) is 9.74. The average molecular weight is 278 g/mol. The van der Waals surface area contributed by atoms with Crippen LogP contribution >= 0.6 is 0 Å². The molecule has 1 aliphatic heterocycles. The molecule has 20 heavy (non-hydrogen) atoms. The van der Waals surface area contributed by atoms with Gasteiger partial charge in [-0.05, 0) is 12.5 Å². The third-order valence-corrected chi connectivity index (χ3v) is 3.58. The second-order valence-corrected chi connectivity index (χ2v) is 5.05. The average Bonchev–Trinajstić information content (AvgIpc) is 2.94. The Labute approximate surface area is 119 Å². The Kier molecular flexibility index (Phi) is 5.38. The topological polar surface area (TPSA) is 64.8 Å². The lowest BCUT2D eigenvalue weighted by atomic mass is 10.1. The first-order valence-electron chi connectivity index (χ1n) is 6.92. The second-order valence-electron chi connectivity index (χ2n) is 5.05. The molecule has 1 saturated heterocycles. The molecule has 1 heterocycles. The zero-order valence-electron chi connectivity index (χ0n) is 11.9. The maximum absolute atomic E-state index is 12.1. The Morgan fingerprint density at radius 3 is 3.00 bits per heavy atom. The van der Waals surface area contributed by atoms with Gasteiger partial charge in [-0.25, -0.2) is 0 Å². The SMILES string of the molecule is COCC1CCN(C(=O)COc2ccccc2CN)C1. The van der Waals surface area contributed by atoms with Crippen molar-refractivity contribution < 1.29 is 14.3 Å². The van der Waals surface area contributed by atoms with Gasteiger partial charge in [0.2, 0.25) is 0 Å². The Morgan fingerprint density at radius 1 is 1.45 bits per heavy atom. The molecule has 1 aliphatic rings. The Morgan fingerprint density at radius 2 is 2.25 bits per heavy atom. The molecule has 0 spiro atoms. The molecule has 1 amide bonds. The van der Waals surface area contributed by atoms with E-state index < -0.39 is 0 Å². The van der Waals surface area contributed by atoms with Crippen molar-refractivity contribution in [2.45, 2.75) is 13.0 Å². The van der Waals surface area contributed by atoms with Gasteiger partial charge in [0.15, 0.2) is 6.61 Å². The maximum atomic E-state index is 12.1. The first-order valence-corrected chi connectivity index (χ1v) is 6.92. The Bertz CT molecular complexity index is 450. The minimum atomic E-state index is 0.0235. The number of nitrogens with zero attached hydrogens (tertiary/aromatic N) is 1. The van der Waals surface area contributed by atoms with Crippen molar-refractivity contribution in [3.05, 3.63) is 29.8 Å². The molecule has 0 saturated carbocycles. The van der Waals surface area contributed by atoms with Crippen LogP contribution in [0.4, 0.5) is 0 Å². The highest BCUT2D eigenvalue weighted by Crippen LogP contribution is 2.19. The van der Waals surface area contributed by atoms with Crippen LogP contribution in [0.2, 0.25) is 0 Å². The fourth-order valence-corrected chi connectivity index (χ4v) is 2.47. The minimum Gasteiger partial charge on any atom is -0.483 e. The fraction of sp³-hybridized carbons (Fsp3) is 0.533. The molecule has 0 aromatic heterocycles. The van der Waals surface area contributed by atoms with Gasteiger partial charge in [-0.3, -0.25) is 4.79 Å². The molecule has 0 radical (unpaired) electrons. The van der Waals surface area contributed by atoms with Gasteiger partial charge in [0.25, 0.3) is 5.91 Å². The summed E-state index contributed by atoms with van der Waals surface area (Å²) in [5.74, 6) is 1.16. The normalized spacial score (nSPS) is 18.3. The summed E-state index contributed by atoms with van der Waals surface area (Å²) in [7, 11) is 1.69. The van der Waals surface area contributed by atoms with Crippen LogP contribution in [-0.2, 0) is 16.1 Å². The van der Waals surface area contributed by atoms with E-state index in [4.69, 9.17) is 15.2 Å². The third-order valence-electron chi connectivity index (χ3n) is 3.58. The number of rotatable bonds is 6. The van der Waals surface area contributed by atoms with Crippen LogP contribution in [0.3, 0.4) is 0 Å². The van der Waals surface area contributed by atoms with Crippen molar-refractivity contribution in [1.29, 1.82) is 0 Å². The number of amides is 1. The largest absolute Gasteiger partial charge is 0.483 e. The third kappa shape index (κ3) is 3.71. The number of hydrogen-bond acceptors (Lipinski definition) is 4. The molecule has 2 rings (SSSR count). The van der Waals surface area contributed by atoms with Gasteiger partial charge in [0, 0.05) is 38.2 Å². The Balaban J connectivity index is 1.83. The van der Waals surface area contributed by atoms with E-state index in [0.29, 0.717) is 24.8 Å². The molecular formula is C15H22N2O3. The fourth-order valence-electron chi connectivity index (χ4n) is 2.47. The van der Waals surface area contributed by atoms with Gasteiger partial charge in [-0.2, -0.15) is 0 Å². The molecule has 5 nitrogen and oxygen atoms in total. The van der Waals surface area contributed by atoms with Crippen LogP contribution < -0.4 is 10.5 Å². The van der Waals surface area contributed by atoms with Gasteiger partial charge in [-0.1, -0.05) is 18.2 Å². The number of nitrogens with two attached hydrogens (primary N) is 1. The maximum Gasteiger partial charge on any atom is 0.260 e. The highest BCUT2D eigenvalue weighted by molar-refractivity contribution is 5.78. The zero-order chi connectivity index (χ0) is 14.4. The predicted molar refractivity (Wildman–Crippen MR) is 76.4 cm³/mol. The number of ether oxygens (including phenoxy) is 2. The summed E-state index contributed by atoms with van der Waals surface area (Å²) < 4.78 is 10.7. The van der Waals surface area contributed by atoms with E-state index in [0.717, 1.165) is 25.1 Å². The number of hydrogen-bond donors (Lipinski definition) is 1. The molecule has 0 bridgehead atoms. The quantitative estimate of drug-likeness (QED) is 0.844. The minimum absolute atomic E-state index is 0.0235. The molecule has 1 aromatic carbocycles. The molecule has 110 valence electrons. The van der Waals surface area contributed by atoms with E-state index >= 15 is 0 Å². The molecule has 2 N–H and O–H groups in total. The molecule has 1 aromatic rings. The summed E-state index contributed by atoms with van der Waals surface area (Å²) in [6.45, 7) is 2.73. The van der Waals surface area contributed by atoms with E-state index in [1.165, 1.54) is 0 Å². The lowest BCUT2D eigenvalue weighted by molar-refractivity contribution is -0.132. The summed E-state index contributed by atoms with van der Waals surface area (Å²) in [5.41, 5.74) is 6.56. The standard InChI is InChI=1S/C15H22N2O3/c1-19-10-12-6-7-17(9-12)15(18)11-20-14-5-3-2-4-13(14)8-16/h2-5,12H,6-11,16H2,1H3. The number of carbonyl (C=O) groups is 1. The van der Waals surface area contributed by atoms with Crippen molar-refractivity contribution in [3.8, 4) is 5.75 Å². The van der Waals surface area contributed by atoms with Crippen LogP contribution in [0.1, 0.15) is 12.0 Å². The molecule has 1 unspecified atom stereocenters. The van der Waals surface area contributed by atoms with Gasteiger partial charge < -0.3 is 20.1 Å². The van der Waals surface area contributed by atoms with E-state index in [9.17, 15) is 4.79 Å². The van der Waals surface area contributed by atoms with Crippen LogP contribution in [0.25, 0.3) is 0 Å². The number of methoxy groups -OCH3 is 1. The van der Waals surface area contributed by atoms with E-state index in [2.05, 4.69) is 0 Å². The van der Waals surface area contributed by atoms with Gasteiger partial charge >= 0.3 is 0 Å². The van der Waals surface area contributed by atoms with E-state index in [1.807, 2.05) is 29.2 Å². The van der Waals surface area contributed by atoms with E-state index in [-0.39, 0.29) is 12.5 Å². The highest BCUT2D eigenvalue weighted by Gasteiger charge is 2.26. The number of likely N-dealkylation sites (tertiary alicyclic amines) is 1. The highest BCUT2D eigenvalue weighted by atomic mass is 16.5. The smallest absolute Gasteiger partial charge is 0.260 e. The Hall–Kier alpha value is -1.59. The zero-order valence-corrected chi connectivity index (χ0v) is 11.9. The molecule has 0 aliphatic carbocycles. The summed E-state index contributed by atoms with van der Waals surface area (Å²) in [6, 6.07) is 7.54. The van der Waals surface area contributed by atoms with Crippen molar-refractivity contribution in [1.82, 2.24) is 4.90 Å². The van der Waals surface area contributed by atoms with Crippen LogP contribution in [0.5, 0.6) is 5.75 Å². The first kappa shape index (κ1) is 14.8. The second kappa shape index (κ2) is 7.26. The summed E-state index contributed by atoms with van der Waals surface area (Å²) in [4.78, 5) is 13.9. The van der Waals surface area contributed by atoms with Gasteiger partial charge in [0.1, 0.15) is 5.75 Å². The van der Waals surface area contributed by atoms with Crippen LogP contribution in [0, 0.1) is 5.92 Å².